The summed E-state index contributed by atoms with van der Waals surface area (Å²) in [4.78, 5) is 11.5. The second kappa shape index (κ2) is 4.97. The van der Waals surface area contributed by atoms with Crippen molar-refractivity contribution in [2.75, 3.05) is 0 Å². The van der Waals surface area contributed by atoms with E-state index < -0.39 is 5.97 Å². The maximum atomic E-state index is 11.5. The number of hydrogen-bond donors (Lipinski definition) is 1. The molecule has 0 heterocycles. The molecule has 0 bridgehead atoms. The lowest BCUT2D eigenvalue weighted by Crippen LogP contribution is -1.99. The highest BCUT2D eigenvalue weighted by atomic mass is 16.4. The number of benzene rings is 3. The van der Waals surface area contributed by atoms with Crippen LogP contribution in [0.4, 0.5) is 0 Å². The number of aromatic carboxylic acids is 1. The fourth-order valence-corrected chi connectivity index (χ4v) is 2.89. The first-order valence-electron chi connectivity index (χ1n) is 6.89. The molecular weight excluding hydrogens is 248 g/mol. The van der Waals surface area contributed by atoms with Crippen LogP contribution in [0.5, 0.6) is 0 Å². The summed E-state index contributed by atoms with van der Waals surface area (Å²) in [5.41, 5.74) is 1.61. The highest BCUT2D eigenvalue weighted by Crippen LogP contribution is 2.31. The van der Waals surface area contributed by atoms with Crippen molar-refractivity contribution in [3.05, 3.63) is 59.7 Å². The third-order valence-corrected chi connectivity index (χ3v) is 3.72. The molecule has 20 heavy (non-hydrogen) atoms. The lowest BCUT2D eigenvalue weighted by Gasteiger charge is -2.11. The predicted molar refractivity (Wildman–Crippen MR) is 82.4 cm³/mol. The van der Waals surface area contributed by atoms with Gasteiger partial charge in [0.15, 0.2) is 0 Å². The lowest BCUT2D eigenvalue weighted by molar-refractivity contribution is 0.0699. The highest BCUT2D eigenvalue weighted by molar-refractivity contribution is 6.17. The predicted octanol–water partition coefficient (Wildman–Crippen LogP) is 4.64. The maximum Gasteiger partial charge on any atom is 0.336 e. The molecule has 3 aromatic carbocycles. The standard InChI is InChI=1S/C18H16O2/c1-2-5-12-6-3-7-13-10-11-14-8-4-9-15(18(19)20)17(14)16(12)13/h3-4,6-11H,2,5H2,1H3,(H,19,20). The van der Waals surface area contributed by atoms with E-state index in [0.29, 0.717) is 5.56 Å². The van der Waals surface area contributed by atoms with Gasteiger partial charge in [-0.2, -0.15) is 0 Å². The zero-order valence-electron chi connectivity index (χ0n) is 11.4. The molecule has 2 heteroatoms. The molecule has 0 aromatic heterocycles. The average molecular weight is 264 g/mol. The molecule has 2 nitrogen and oxygen atoms in total. The van der Waals surface area contributed by atoms with Crippen molar-refractivity contribution in [3.8, 4) is 0 Å². The Morgan fingerprint density at radius 3 is 2.25 bits per heavy atom. The average Bonchev–Trinajstić information content (AvgIpc) is 2.46. The van der Waals surface area contributed by atoms with Crippen LogP contribution in [0.25, 0.3) is 21.5 Å². The van der Waals surface area contributed by atoms with Gasteiger partial charge < -0.3 is 5.11 Å². The number of hydrogen-bond acceptors (Lipinski definition) is 1. The normalized spacial score (nSPS) is 11.1. The Morgan fingerprint density at radius 1 is 0.950 bits per heavy atom. The maximum absolute atomic E-state index is 11.5. The zero-order chi connectivity index (χ0) is 14.1. The molecule has 0 aliphatic heterocycles. The van der Waals surface area contributed by atoms with Crippen molar-refractivity contribution in [1.29, 1.82) is 0 Å². The van der Waals surface area contributed by atoms with Crippen molar-refractivity contribution in [2.24, 2.45) is 0 Å². The summed E-state index contributed by atoms with van der Waals surface area (Å²) in [7, 11) is 0. The summed E-state index contributed by atoms with van der Waals surface area (Å²) in [6.07, 6.45) is 2.01. The van der Waals surface area contributed by atoms with Crippen molar-refractivity contribution in [3.63, 3.8) is 0 Å². The number of aryl methyl sites for hydroxylation is 1. The molecule has 0 amide bonds. The third kappa shape index (κ3) is 1.94. The second-order valence-electron chi connectivity index (χ2n) is 5.04. The van der Waals surface area contributed by atoms with E-state index in [2.05, 4.69) is 19.1 Å². The van der Waals surface area contributed by atoms with Crippen LogP contribution in [0, 0.1) is 0 Å². The Morgan fingerprint density at radius 2 is 1.60 bits per heavy atom. The molecule has 1 N–H and O–H groups in total. The SMILES string of the molecule is CCCc1cccc2ccc3cccc(C(=O)O)c3c12. The summed E-state index contributed by atoms with van der Waals surface area (Å²) >= 11 is 0. The molecule has 3 aromatic rings. The van der Waals surface area contributed by atoms with E-state index in [9.17, 15) is 9.90 Å². The summed E-state index contributed by atoms with van der Waals surface area (Å²) in [5, 5.41) is 13.5. The molecule has 0 aliphatic rings. The fourth-order valence-electron chi connectivity index (χ4n) is 2.89. The van der Waals surface area contributed by atoms with Gasteiger partial charge >= 0.3 is 5.97 Å². The number of rotatable bonds is 3. The van der Waals surface area contributed by atoms with Crippen molar-refractivity contribution in [2.45, 2.75) is 19.8 Å². The van der Waals surface area contributed by atoms with Crippen LogP contribution in [0.2, 0.25) is 0 Å². The first-order valence-corrected chi connectivity index (χ1v) is 6.89. The van der Waals surface area contributed by atoms with Gasteiger partial charge in [0.2, 0.25) is 0 Å². The van der Waals surface area contributed by atoms with E-state index in [1.165, 1.54) is 5.56 Å². The number of fused-ring (bicyclic) bond motifs is 3. The topological polar surface area (TPSA) is 37.3 Å². The largest absolute Gasteiger partial charge is 0.478 e. The summed E-state index contributed by atoms with van der Waals surface area (Å²) in [6, 6.07) is 15.7. The van der Waals surface area contributed by atoms with Gasteiger partial charge in [-0.15, -0.1) is 0 Å². The van der Waals surface area contributed by atoms with Crippen LogP contribution in [0.15, 0.2) is 48.5 Å². The minimum atomic E-state index is -0.866. The minimum absolute atomic E-state index is 0.386. The van der Waals surface area contributed by atoms with Crippen molar-refractivity contribution >= 4 is 27.5 Å². The van der Waals surface area contributed by atoms with E-state index in [4.69, 9.17) is 0 Å². The van der Waals surface area contributed by atoms with Crippen molar-refractivity contribution < 1.29 is 9.90 Å². The first-order chi connectivity index (χ1) is 9.72. The first kappa shape index (κ1) is 12.7. The lowest BCUT2D eigenvalue weighted by atomic mass is 9.93. The number of carboxylic acids is 1. The van der Waals surface area contributed by atoms with Crippen LogP contribution in [0.3, 0.4) is 0 Å². The molecule has 0 radical (unpaired) electrons. The monoisotopic (exact) mass is 264 g/mol. The Kier molecular flexibility index (Phi) is 3.15. The van der Waals surface area contributed by atoms with E-state index in [1.807, 2.05) is 24.3 Å². The fraction of sp³-hybridized carbons (Fsp3) is 0.167. The Balaban J connectivity index is 2.52. The van der Waals surface area contributed by atoms with Gasteiger partial charge in [0, 0.05) is 5.39 Å². The van der Waals surface area contributed by atoms with Gasteiger partial charge in [-0.3, -0.25) is 0 Å². The smallest absolute Gasteiger partial charge is 0.336 e. The van der Waals surface area contributed by atoms with Crippen molar-refractivity contribution in [1.82, 2.24) is 0 Å². The molecule has 0 fully saturated rings. The van der Waals surface area contributed by atoms with Gasteiger partial charge in [-0.05, 0) is 34.2 Å². The Labute approximate surface area is 117 Å². The highest BCUT2D eigenvalue weighted by Gasteiger charge is 2.13. The molecule has 0 aliphatic carbocycles. The van der Waals surface area contributed by atoms with E-state index in [0.717, 1.165) is 34.4 Å². The van der Waals surface area contributed by atoms with Crippen LogP contribution in [-0.2, 0) is 6.42 Å². The molecule has 3 rings (SSSR count). The minimum Gasteiger partial charge on any atom is -0.478 e. The number of carboxylic acid groups (broad SMARTS) is 1. The summed E-state index contributed by atoms with van der Waals surface area (Å²) < 4.78 is 0. The second-order valence-corrected chi connectivity index (χ2v) is 5.04. The van der Waals surface area contributed by atoms with Gasteiger partial charge in [-0.25, -0.2) is 4.79 Å². The zero-order valence-corrected chi connectivity index (χ0v) is 11.4. The number of carbonyl (C=O) groups is 1. The Hall–Kier alpha value is -2.35. The summed E-state index contributed by atoms with van der Waals surface area (Å²) in [5.74, 6) is -0.866. The van der Waals surface area contributed by atoms with E-state index >= 15 is 0 Å². The van der Waals surface area contributed by atoms with Crippen LogP contribution in [0.1, 0.15) is 29.3 Å². The molecule has 0 saturated heterocycles. The van der Waals surface area contributed by atoms with Crippen LogP contribution < -0.4 is 0 Å². The summed E-state index contributed by atoms with van der Waals surface area (Å²) in [6.45, 7) is 2.14. The Bertz CT molecular complexity index is 803. The molecule has 0 saturated carbocycles. The molecule has 100 valence electrons. The molecule has 0 atom stereocenters. The van der Waals surface area contributed by atoms with Gasteiger partial charge in [-0.1, -0.05) is 55.8 Å². The van der Waals surface area contributed by atoms with Crippen LogP contribution >= 0.6 is 0 Å². The molecule has 0 unspecified atom stereocenters. The van der Waals surface area contributed by atoms with Gasteiger partial charge in [0.05, 0.1) is 5.56 Å². The van der Waals surface area contributed by atoms with Crippen LogP contribution in [-0.4, -0.2) is 11.1 Å². The van der Waals surface area contributed by atoms with E-state index in [-0.39, 0.29) is 0 Å². The van der Waals surface area contributed by atoms with Gasteiger partial charge in [0.25, 0.3) is 0 Å². The third-order valence-electron chi connectivity index (χ3n) is 3.72. The molecular formula is C18H16O2. The van der Waals surface area contributed by atoms with E-state index in [1.54, 1.807) is 12.1 Å². The quantitative estimate of drug-likeness (QED) is 0.699. The molecule has 0 spiro atoms. The van der Waals surface area contributed by atoms with Gasteiger partial charge in [0.1, 0.15) is 0 Å².